The number of hydrogen-bond donors (Lipinski definition) is 0. The molecular weight excluding hydrogens is 694 g/mol. The Labute approximate surface area is 299 Å². The van der Waals surface area contributed by atoms with Crippen LogP contribution in [0.15, 0.2) is 71.2 Å². The van der Waals surface area contributed by atoms with Crippen LogP contribution in [0.4, 0.5) is 17.1 Å². The molecule has 0 unspecified atom stereocenters. The zero-order valence-electron chi connectivity index (χ0n) is 28.6. The molecule has 0 spiro atoms. The molecule has 0 N–H and O–H groups in total. The number of nitrogens with zero attached hydrogens (tertiary/aromatic N) is 3. The molecule has 3 heterocycles. The molecule has 0 radical (unpaired) electrons. The second-order valence-electron chi connectivity index (χ2n) is 11.5. The van der Waals surface area contributed by atoms with Crippen LogP contribution in [0.2, 0.25) is 0 Å². The van der Waals surface area contributed by atoms with E-state index in [9.17, 15) is 0 Å². The van der Waals surface area contributed by atoms with Crippen molar-refractivity contribution in [2.45, 2.75) is 0 Å². The highest BCUT2D eigenvalue weighted by Crippen LogP contribution is 2.33. The van der Waals surface area contributed by atoms with Crippen molar-refractivity contribution >= 4 is 33.0 Å². The second kappa shape index (κ2) is 21.1. The van der Waals surface area contributed by atoms with E-state index in [4.69, 9.17) is 37.9 Å². The lowest BCUT2D eigenvalue weighted by Crippen LogP contribution is -2.34. The second-order valence-corrected chi connectivity index (χ2v) is 12.4. The summed E-state index contributed by atoms with van der Waals surface area (Å²) in [5.74, 6) is 2.38. The van der Waals surface area contributed by atoms with E-state index in [0.717, 1.165) is 38.8 Å². The summed E-state index contributed by atoms with van der Waals surface area (Å²) in [4.78, 5) is 6.78. The molecule has 1 saturated heterocycles. The van der Waals surface area contributed by atoms with Crippen LogP contribution in [0.1, 0.15) is 0 Å². The number of fused-ring (bicyclic) bond motifs is 20. The van der Waals surface area contributed by atoms with Crippen LogP contribution in [0.3, 0.4) is 0 Å². The van der Waals surface area contributed by atoms with Crippen molar-refractivity contribution in [3.63, 3.8) is 0 Å². The Morgan fingerprint density at radius 2 is 0.980 bits per heavy atom. The molecule has 3 aromatic rings. The van der Waals surface area contributed by atoms with Gasteiger partial charge in [0.05, 0.1) is 89.6 Å². The van der Waals surface area contributed by atoms with Gasteiger partial charge in [0.15, 0.2) is 0 Å². The zero-order chi connectivity index (χ0) is 33.9. The molecule has 49 heavy (non-hydrogen) atoms. The number of methoxy groups -OCH3 is 1. The maximum Gasteiger partial charge on any atom is 0.143 e. The lowest BCUT2D eigenvalue weighted by atomic mass is 10.2. The minimum atomic E-state index is 0.439. The fourth-order valence-electron chi connectivity index (χ4n) is 5.71. The van der Waals surface area contributed by atoms with Crippen LogP contribution in [-0.4, -0.2) is 126 Å². The largest absolute Gasteiger partial charge is 0.490 e. The number of halogens is 1. The van der Waals surface area contributed by atoms with Crippen LogP contribution in [0.5, 0.6) is 17.2 Å². The Morgan fingerprint density at radius 3 is 1.47 bits per heavy atom. The fraction of sp³-hybridized carbons (Fsp3) is 0.514. The summed E-state index contributed by atoms with van der Waals surface area (Å²) in [6.07, 6.45) is 0. The first-order valence-corrected chi connectivity index (χ1v) is 17.9. The van der Waals surface area contributed by atoms with E-state index >= 15 is 0 Å². The number of anilines is 3. The van der Waals surface area contributed by atoms with Gasteiger partial charge in [-0.15, -0.1) is 0 Å². The molecule has 0 aliphatic carbocycles. The van der Waals surface area contributed by atoms with Gasteiger partial charge in [0, 0.05) is 37.8 Å². The summed E-state index contributed by atoms with van der Waals surface area (Å²) in [6.45, 7) is 10.1. The smallest absolute Gasteiger partial charge is 0.143 e. The molecule has 6 rings (SSSR count). The minimum Gasteiger partial charge on any atom is -0.490 e. The Hall–Kier alpha value is -3.26. The fourth-order valence-corrected chi connectivity index (χ4v) is 6.05. The molecule has 2 bridgehead atoms. The average molecular weight is 745 g/mol. The van der Waals surface area contributed by atoms with E-state index in [0.29, 0.717) is 119 Å². The van der Waals surface area contributed by atoms with Gasteiger partial charge >= 0.3 is 0 Å². The first kappa shape index (κ1) is 37.0. The predicted molar refractivity (Wildman–Crippen MR) is 195 cm³/mol. The van der Waals surface area contributed by atoms with Crippen molar-refractivity contribution in [3.8, 4) is 17.2 Å². The van der Waals surface area contributed by atoms with Gasteiger partial charge in [-0.05, 0) is 42.5 Å². The molecule has 268 valence electrons. The van der Waals surface area contributed by atoms with Crippen LogP contribution >= 0.6 is 15.9 Å². The van der Waals surface area contributed by atoms with E-state index in [2.05, 4.69) is 48.8 Å². The third-order valence-corrected chi connectivity index (χ3v) is 8.72. The summed E-state index contributed by atoms with van der Waals surface area (Å²) >= 11 is 3.62. The molecule has 12 heteroatoms. The Bertz CT molecular complexity index is 1290. The topological polar surface area (TPSA) is 83.6 Å². The van der Waals surface area contributed by atoms with Gasteiger partial charge in [0.2, 0.25) is 0 Å². The van der Waals surface area contributed by atoms with Crippen LogP contribution in [0.25, 0.3) is 0 Å². The van der Waals surface area contributed by atoms with Crippen molar-refractivity contribution in [1.82, 2.24) is 0 Å². The number of rotatable bonds is 5. The predicted octanol–water partition coefficient (Wildman–Crippen LogP) is 5.15. The van der Waals surface area contributed by atoms with Gasteiger partial charge < -0.3 is 52.6 Å². The van der Waals surface area contributed by atoms with Gasteiger partial charge in [-0.2, -0.15) is 0 Å². The van der Waals surface area contributed by atoms with E-state index in [1.807, 2.05) is 48.5 Å². The van der Waals surface area contributed by atoms with E-state index < -0.39 is 0 Å². The van der Waals surface area contributed by atoms with Crippen molar-refractivity contribution < 1.29 is 37.9 Å². The Balaban J connectivity index is 1.46. The SMILES string of the molecule is COCCOc1cc(Br)ccc1N1CCOc2ccccc2N2CCOCCOCCN(CCOCCOCC2)c2ccccc2OCC1. The number of ether oxygens (including phenoxy) is 8. The molecule has 11 nitrogen and oxygen atoms in total. The highest BCUT2D eigenvalue weighted by molar-refractivity contribution is 9.10. The molecule has 0 aromatic heterocycles. The van der Waals surface area contributed by atoms with Crippen molar-refractivity contribution in [2.75, 3.05) is 140 Å². The van der Waals surface area contributed by atoms with Crippen molar-refractivity contribution in [3.05, 3.63) is 71.2 Å². The first-order chi connectivity index (χ1) is 24.2. The molecule has 3 aliphatic heterocycles. The molecule has 3 aliphatic rings. The third kappa shape index (κ3) is 11.9. The van der Waals surface area contributed by atoms with Gasteiger partial charge in [-0.3, -0.25) is 0 Å². The number of para-hydroxylation sites is 4. The van der Waals surface area contributed by atoms with Gasteiger partial charge in [-0.25, -0.2) is 0 Å². The monoisotopic (exact) mass is 743 g/mol. The molecule has 0 atom stereocenters. The average Bonchev–Trinajstić information content (AvgIpc) is 3.11. The summed E-state index contributed by atoms with van der Waals surface area (Å²) < 4.78 is 49.5. The molecule has 3 aromatic carbocycles. The number of benzene rings is 3. The normalized spacial score (nSPS) is 18.0. The molecular formula is C37H50BrN3O8. The maximum absolute atomic E-state index is 6.53. The Morgan fingerprint density at radius 1 is 0.531 bits per heavy atom. The van der Waals surface area contributed by atoms with Crippen molar-refractivity contribution in [1.29, 1.82) is 0 Å². The molecule has 0 amide bonds. The van der Waals surface area contributed by atoms with Gasteiger partial charge in [0.1, 0.15) is 37.1 Å². The van der Waals surface area contributed by atoms with Gasteiger partial charge in [0.25, 0.3) is 0 Å². The van der Waals surface area contributed by atoms with E-state index in [1.165, 1.54) is 0 Å². The molecule has 0 saturated carbocycles. The maximum atomic E-state index is 6.53. The zero-order valence-corrected chi connectivity index (χ0v) is 30.2. The summed E-state index contributed by atoms with van der Waals surface area (Å²) in [5, 5.41) is 0. The van der Waals surface area contributed by atoms with E-state index in [1.54, 1.807) is 7.11 Å². The first-order valence-electron chi connectivity index (χ1n) is 17.1. The van der Waals surface area contributed by atoms with E-state index in [-0.39, 0.29) is 0 Å². The quantitative estimate of drug-likeness (QED) is 0.257. The standard InChI is InChI=1S/C37H50BrN3O8/c1-42-24-29-49-37-30-31(38)10-11-34(37)41-16-22-47-35-8-4-2-6-32(35)39-12-18-43-25-27-45-20-14-40(15-21-46-28-26-44-19-13-39)33-7-3-5-9-36(33)48-23-17-41/h2-11,30H,12-29H2,1H3. The van der Waals surface area contributed by atoms with Crippen LogP contribution in [0, 0.1) is 0 Å². The minimum absolute atomic E-state index is 0.439. The lowest BCUT2D eigenvalue weighted by Gasteiger charge is -2.29. The molecule has 1 fully saturated rings. The number of hydrogen-bond acceptors (Lipinski definition) is 11. The van der Waals surface area contributed by atoms with Crippen LogP contribution in [-0.2, 0) is 23.7 Å². The highest BCUT2D eigenvalue weighted by Gasteiger charge is 2.18. The van der Waals surface area contributed by atoms with Gasteiger partial charge in [-0.1, -0.05) is 40.2 Å². The summed E-state index contributed by atoms with van der Waals surface area (Å²) in [5.41, 5.74) is 2.96. The van der Waals surface area contributed by atoms with Crippen molar-refractivity contribution in [2.24, 2.45) is 0 Å². The third-order valence-electron chi connectivity index (χ3n) is 8.22. The highest BCUT2D eigenvalue weighted by atomic mass is 79.9. The summed E-state index contributed by atoms with van der Waals surface area (Å²) in [6, 6.07) is 22.4. The summed E-state index contributed by atoms with van der Waals surface area (Å²) in [7, 11) is 1.67. The Kier molecular flexibility index (Phi) is 15.9. The lowest BCUT2D eigenvalue weighted by molar-refractivity contribution is 0.0435. The van der Waals surface area contributed by atoms with Crippen LogP contribution < -0.4 is 28.9 Å².